The highest BCUT2D eigenvalue weighted by Crippen LogP contribution is 2.44. The van der Waals surface area contributed by atoms with Crippen molar-refractivity contribution in [3.05, 3.63) is 23.8 Å². The molecule has 0 saturated carbocycles. The van der Waals surface area contributed by atoms with Crippen LogP contribution in [0.15, 0.2) is 28.1 Å². The average Bonchev–Trinajstić information content (AvgIpc) is 2.47. The van der Waals surface area contributed by atoms with Crippen LogP contribution in [0.5, 0.6) is 0 Å². The van der Waals surface area contributed by atoms with E-state index >= 15 is 0 Å². The van der Waals surface area contributed by atoms with Gasteiger partial charge in [0.2, 0.25) is 0 Å². The summed E-state index contributed by atoms with van der Waals surface area (Å²) < 4.78 is 0. The van der Waals surface area contributed by atoms with Crippen molar-refractivity contribution in [3.8, 4) is 0 Å². The van der Waals surface area contributed by atoms with Crippen LogP contribution < -0.4 is 0 Å². The Hall–Kier alpha value is -0.800. The number of thiol groups is 1. The molecule has 1 aliphatic rings. The molecule has 0 amide bonds. The maximum atomic E-state index is 9.41. The van der Waals surface area contributed by atoms with Crippen molar-refractivity contribution < 1.29 is 5.11 Å². The van der Waals surface area contributed by atoms with E-state index in [1.54, 1.807) is 6.92 Å². The van der Waals surface area contributed by atoms with E-state index in [1.165, 1.54) is 4.90 Å². The monoisotopic (exact) mass is 195 g/mol. The van der Waals surface area contributed by atoms with Crippen LogP contribution in [0.1, 0.15) is 18.6 Å². The van der Waals surface area contributed by atoms with E-state index in [1.807, 2.05) is 17.7 Å². The molecule has 0 bridgehead atoms. The van der Waals surface area contributed by atoms with Crippen molar-refractivity contribution in [2.75, 3.05) is 6.26 Å². The van der Waals surface area contributed by atoms with E-state index < -0.39 is 0 Å². The number of benzene rings is 1. The minimum absolute atomic E-state index is 0.225. The zero-order valence-corrected chi connectivity index (χ0v) is 8.62. The van der Waals surface area contributed by atoms with Gasteiger partial charge in [0.1, 0.15) is 0 Å². The molecule has 0 aliphatic carbocycles. The van der Waals surface area contributed by atoms with Crippen LogP contribution in [0.25, 0.3) is 0 Å². The molecule has 2 unspecified atom stereocenters. The van der Waals surface area contributed by atoms with Crippen LogP contribution in [-0.4, -0.2) is 16.9 Å². The molecule has 0 fully saturated rings. The van der Waals surface area contributed by atoms with E-state index in [0.717, 1.165) is 11.3 Å². The molecule has 0 saturated heterocycles. The minimum Gasteiger partial charge on any atom is -0.389 e. The molecule has 0 aromatic heterocycles. The summed E-state index contributed by atoms with van der Waals surface area (Å²) >= 11 is 0. The number of hydrogen-bond acceptors (Lipinski definition) is 2. The van der Waals surface area contributed by atoms with Gasteiger partial charge in [-0.25, -0.2) is 0 Å². The molecule has 70 valence electrons. The summed E-state index contributed by atoms with van der Waals surface area (Å²) in [6, 6.07) is 5.99. The van der Waals surface area contributed by atoms with Crippen molar-refractivity contribution in [1.82, 2.24) is 0 Å². The van der Waals surface area contributed by atoms with Gasteiger partial charge in [-0.3, -0.25) is 4.99 Å². The Balaban J connectivity index is 2.45. The number of aliphatic imine (C=N–C) groups is 1. The number of hydrogen-bond donors (Lipinski definition) is 2. The van der Waals surface area contributed by atoms with Crippen LogP contribution in [0.2, 0.25) is 0 Å². The fourth-order valence-electron chi connectivity index (χ4n) is 1.40. The van der Waals surface area contributed by atoms with E-state index in [2.05, 4.69) is 17.3 Å². The van der Waals surface area contributed by atoms with Gasteiger partial charge in [0, 0.05) is 10.4 Å². The second-order valence-electron chi connectivity index (χ2n) is 3.28. The maximum Gasteiger partial charge on any atom is 0.0762 e. The summed E-state index contributed by atoms with van der Waals surface area (Å²) in [5, 5.41) is 9.41. The van der Waals surface area contributed by atoms with Gasteiger partial charge in [0.25, 0.3) is 0 Å². The average molecular weight is 195 g/mol. The lowest BCUT2D eigenvalue weighted by atomic mass is 10.1. The Kier molecular flexibility index (Phi) is 2.14. The van der Waals surface area contributed by atoms with Crippen LogP contribution in [0.4, 0.5) is 5.69 Å². The molecule has 2 atom stereocenters. The zero-order chi connectivity index (χ0) is 9.42. The number of aliphatic hydroxyl groups excluding tert-OH is 1. The third-order valence-corrected chi connectivity index (χ3v) is 3.81. The molecule has 0 radical (unpaired) electrons. The normalized spacial score (nSPS) is 24.4. The predicted molar refractivity (Wildman–Crippen MR) is 58.4 cm³/mol. The number of aliphatic hydroxyl groups is 1. The highest BCUT2D eigenvalue weighted by molar-refractivity contribution is 8.28. The molecule has 3 heteroatoms. The molecule has 2 rings (SSSR count). The standard InChI is InChI=1S/C10H13NOS/c1-7(12)8-3-4-9-10(5-8)13(2)6-11-9/h3-7,12-13H,1-2H3. The van der Waals surface area contributed by atoms with Crippen molar-refractivity contribution in [2.24, 2.45) is 4.99 Å². The zero-order valence-electron chi connectivity index (χ0n) is 7.73. The summed E-state index contributed by atoms with van der Waals surface area (Å²) in [5.74, 6) is 0. The molecule has 1 aliphatic heterocycles. The Bertz CT molecular complexity index is 360. The van der Waals surface area contributed by atoms with Gasteiger partial charge in [0.15, 0.2) is 0 Å². The van der Waals surface area contributed by atoms with E-state index in [9.17, 15) is 5.11 Å². The van der Waals surface area contributed by atoms with Gasteiger partial charge < -0.3 is 5.11 Å². The summed E-state index contributed by atoms with van der Waals surface area (Å²) in [4.78, 5) is 5.59. The van der Waals surface area contributed by atoms with E-state index in [-0.39, 0.29) is 17.0 Å². The van der Waals surface area contributed by atoms with Gasteiger partial charge in [-0.15, -0.1) is 0 Å². The van der Waals surface area contributed by atoms with E-state index in [0.29, 0.717) is 0 Å². The van der Waals surface area contributed by atoms with Crippen molar-refractivity contribution in [2.45, 2.75) is 17.9 Å². The highest BCUT2D eigenvalue weighted by Gasteiger charge is 2.13. The molecular weight excluding hydrogens is 182 g/mol. The lowest BCUT2D eigenvalue weighted by molar-refractivity contribution is 0.199. The predicted octanol–water partition coefficient (Wildman–Crippen LogP) is 2.40. The molecule has 1 aromatic carbocycles. The smallest absolute Gasteiger partial charge is 0.0762 e. The van der Waals surface area contributed by atoms with Crippen LogP contribution in [0.3, 0.4) is 0 Å². The second kappa shape index (κ2) is 3.16. The summed E-state index contributed by atoms with van der Waals surface area (Å²) in [7, 11) is -0.225. The molecule has 13 heavy (non-hydrogen) atoms. The van der Waals surface area contributed by atoms with Crippen LogP contribution in [0, 0.1) is 0 Å². The van der Waals surface area contributed by atoms with Crippen LogP contribution in [-0.2, 0) is 0 Å². The number of rotatable bonds is 1. The third-order valence-electron chi connectivity index (χ3n) is 2.23. The first-order valence-electron chi connectivity index (χ1n) is 4.27. The SMILES string of the molecule is CC(O)c1ccc2c(c1)[SH](C)C=N2. The first-order valence-corrected chi connectivity index (χ1v) is 6.13. The topological polar surface area (TPSA) is 32.6 Å². The summed E-state index contributed by atoms with van der Waals surface area (Å²) in [5.41, 5.74) is 4.06. The fourth-order valence-corrected chi connectivity index (χ4v) is 2.67. The van der Waals surface area contributed by atoms with Crippen molar-refractivity contribution in [3.63, 3.8) is 0 Å². The Morgan fingerprint density at radius 2 is 2.23 bits per heavy atom. The first kappa shape index (κ1) is 8.78. The molecule has 2 nitrogen and oxygen atoms in total. The Morgan fingerprint density at radius 3 is 2.92 bits per heavy atom. The number of nitrogens with zero attached hydrogens (tertiary/aromatic N) is 1. The van der Waals surface area contributed by atoms with Crippen LogP contribution >= 0.6 is 10.9 Å². The van der Waals surface area contributed by atoms with Crippen molar-refractivity contribution in [1.29, 1.82) is 0 Å². The minimum atomic E-state index is -0.380. The first-order chi connectivity index (χ1) is 6.18. The maximum absolute atomic E-state index is 9.41. The molecule has 1 heterocycles. The lowest BCUT2D eigenvalue weighted by Crippen LogP contribution is -1.90. The highest BCUT2D eigenvalue weighted by atomic mass is 32.2. The molecule has 1 N–H and O–H groups in total. The van der Waals surface area contributed by atoms with Gasteiger partial charge in [-0.2, -0.15) is 10.9 Å². The van der Waals surface area contributed by atoms with Crippen molar-refractivity contribution >= 4 is 22.1 Å². The fraction of sp³-hybridized carbons (Fsp3) is 0.300. The van der Waals surface area contributed by atoms with Gasteiger partial charge in [-0.1, -0.05) is 6.07 Å². The molecular formula is C10H13NOS. The lowest BCUT2D eigenvalue weighted by Gasteiger charge is -2.10. The van der Waals surface area contributed by atoms with Gasteiger partial charge in [-0.05, 0) is 30.9 Å². The summed E-state index contributed by atoms with van der Waals surface area (Å²) in [6.45, 7) is 1.79. The van der Waals surface area contributed by atoms with E-state index in [4.69, 9.17) is 0 Å². The Morgan fingerprint density at radius 1 is 1.46 bits per heavy atom. The second-order valence-corrected chi connectivity index (χ2v) is 5.21. The van der Waals surface area contributed by atoms with Gasteiger partial charge >= 0.3 is 0 Å². The summed E-state index contributed by atoms with van der Waals surface area (Å²) in [6.07, 6.45) is 1.80. The number of fused-ring (bicyclic) bond motifs is 1. The quantitative estimate of drug-likeness (QED) is 0.663. The third kappa shape index (κ3) is 1.49. The molecule has 0 spiro atoms. The van der Waals surface area contributed by atoms with Gasteiger partial charge in [0.05, 0.1) is 11.8 Å². The largest absolute Gasteiger partial charge is 0.389 e. The Labute approximate surface area is 80.7 Å². The molecule has 1 aromatic rings.